The summed E-state index contributed by atoms with van der Waals surface area (Å²) in [7, 11) is 0. The molecule has 130 valence electrons. The lowest BCUT2D eigenvalue weighted by Crippen LogP contribution is -2.42. The minimum absolute atomic E-state index is 0.106. The summed E-state index contributed by atoms with van der Waals surface area (Å²) in [4.78, 5) is 16.2. The Balaban J connectivity index is 2.12. The number of hydrogen-bond donors (Lipinski definition) is 3. The third-order valence-corrected chi connectivity index (χ3v) is 3.41. The van der Waals surface area contributed by atoms with Gasteiger partial charge >= 0.3 is 6.03 Å². The van der Waals surface area contributed by atoms with Crippen molar-refractivity contribution >= 4 is 6.03 Å². The Morgan fingerprint density at radius 1 is 1.42 bits per heavy atom. The van der Waals surface area contributed by atoms with Gasteiger partial charge in [0.1, 0.15) is 11.9 Å². The standard InChI is InChI=1S/C16H21FN4O3/c1-3-6-11(22)9-18-16(23)20-14(15-19-10(2)24-21-15)12-7-4-5-8-13(12)17/h4-5,7-8,11,14,22H,3,6,9H2,1-2H3,(H2,18,20,23). The number of amides is 2. The Kier molecular flexibility index (Phi) is 6.25. The van der Waals surface area contributed by atoms with Crippen LogP contribution in [0, 0.1) is 12.7 Å². The molecular formula is C16H21FN4O3. The van der Waals surface area contributed by atoms with Gasteiger partial charge in [-0.15, -0.1) is 0 Å². The summed E-state index contributed by atoms with van der Waals surface area (Å²) in [5.41, 5.74) is 0.225. The number of nitrogens with one attached hydrogen (secondary N) is 2. The third-order valence-electron chi connectivity index (χ3n) is 3.41. The highest BCUT2D eigenvalue weighted by Crippen LogP contribution is 2.22. The van der Waals surface area contributed by atoms with Crippen LogP contribution in [0.5, 0.6) is 0 Å². The van der Waals surface area contributed by atoms with Gasteiger partial charge in [0.2, 0.25) is 5.89 Å². The number of aromatic nitrogens is 2. The first-order chi connectivity index (χ1) is 11.5. The number of carbonyl (C=O) groups excluding carboxylic acids is 1. The molecule has 2 amide bonds. The second-order valence-electron chi connectivity index (χ2n) is 5.42. The SMILES string of the molecule is CCCC(O)CNC(=O)NC(c1noc(C)n1)c1ccccc1F. The lowest BCUT2D eigenvalue weighted by atomic mass is 10.1. The van der Waals surface area contributed by atoms with Crippen LogP contribution < -0.4 is 10.6 Å². The van der Waals surface area contributed by atoms with Crippen LogP contribution in [0.15, 0.2) is 28.8 Å². The molecule has 2 atom stereocenters. The number of carbonyl (C=O) groups is 1. The molecular weight excluding hydrogens is 315 g/mol. The number of halogens is 1. The molecule has 0 aliphatic carbocycles. The molecule has 8 heteroatoms. The fourth-order valence-corrected chi connectivity index (χ4v) is 2.25. The zero-order chi connectivity index (χ0) is 17.5. The summed E-state index contributed by atoms with van der Waals surface area (Å²) in [6.45, 7) is 3.65. The number of aliphatic hydroxyl groups excluding tert-OH is 1. The monoisotopic (exact) mass is 336 g/mol. The van der Waals surface area contributed by atoms with Crippen LogP contribution in [-0.2, 0) is 0 Å². The predicted molar refractivity (Wildman–Crippen MR) is 84.7 cm³/mol. The lowest BCUT2D eigenvalue weighted by molar-refractivity contribution is 0.160. The van der Waals surface area contributed by atoms with Crippen LogP contribution in [-0.4, -0.2) is 33.9 Å². The highest BCUT2D eigenvalue weighted by molar-refractivity contribution is 5.74. The average Bonchev–Trinajstić information content (AvgIpc) is 2.98. The summed E-state index contributed by atoms with van der Waals surface area (Å²) in [5.74, 6) is -0.0231. The number of nitrogens with zero attached hydrogens (tertiary/aromatic N) is 2. The zero-order valence-corrected chi connectivity index (χ0v) is 13.6. The van der Waals surface area contributed by atoms with Crippen molar-refractivity contribution in [2.45, 2.75) is 38.8 Å². The van der Waals surface area contributed by atoms with Crippen LogP contribution in [0.2, 0.25) is 0 Å². The average molecular weight is 336 g/mol. The summed E-state index contributed by atoms with van der Waals surface area (Å²) < 4.78 is 19.0. The molecule has 0 spiro atoms. The Bertz CT molecular complexity index is 677. The van der Waals surface area contributed by atoms with E-state index in [2.05, 4.69) is 20.8 Å². The molecule has 2 aromatic rings. The van der Waals surface area contributed by atoms with Gasteiger partial charge in [0.05, 0.1) is 6.10 Å². The zero-order valence-electron chi connectivity index (χ0n) is 13.6. The van der Waals surface area contributed by atoms with E-state index in [0.717, 1.165) is 6.42 Å². The quantitative estimate of drug-likeness (QED) is 0.719. The Morgan fingerprint density at radius 3 is 2.79 bits per heavy atom. The van der Waals surface area contributed by atoms with Crippen molar-refractivity contribution < 1.29 is 18.8 Å². The molecule has 1 heterocycles. The van der Waals surface area contributed by atoms with Gasteiger partial charge in [-0.2, -0.15) is 4.98 Å². The molecule has 2 unspecified atom stereocenters. The molecule has 0 radical (unpaired) electrons. The van der Waals surface area contributed by atoms with Crippen molar-refractivity contribution in [2.75, 3.05) is 6.54 Å². The van der Waals surface area contributed by atoms with Crippen LogP contribution >= 0.6 is 0 Å². The van der Waals surface area contributed by atoms with Gasteiger partial charge < -0.3 is 20.3 Å². The number of benzene rings is 1. The van der Waals surface area contributed by atoms with Crippen molar-refractivity contribution in [1.29, 1.82) is 0 Å². The van der Waals surface area contributed by atoms with E-state index in [1.54, 1.807) is 19.1 Å². The van der Waals surface area contributed by atoms with E-state index in [0.29, 0.717) is 12.3 Å². The van der Waals surface area contributed by atoms with Crippen molar-refractivity contribution in [2.24, 2.45) is 0 Å². The van der Waals surface area contributed by atoms with Gasteiger partial charge in [-0.05, 0) is 12.5 Å². The van der Waals surface area contributed by atoms with Crippen molar-refractivity contribution in [1.82, 2.24) is 20.8 Å². The van der Waals surface area contributed by atoms with E-state index in [1.165, 1.54) is 12.1 Å². The Labute approximate surface area is 139 Å². The summed E-state index contributed by atoms with van der Waals surface area (Å²) in [5, 5.41) is 18.6. The van der Waals surface area contributed by atoms with Gasteiger partial charge in [0.15, 0.2) is 5.82 Å². The normalized spacial score (nSPS) is 13.3. The largest absolute Gasteiger partial charge is 0.391 e. The highest BCUT2D eigenvalue weighted by atomic mass is 19.1. The first kappa shape index (κ1) is 17.9. The smallest absolute Gasteiger partial charge is 0.315 e. The van der Waals surface area contributed by atoms with Crippen LogP contribution in [0.3, 0.4) is 0 Å². The predicted octanol–water partition coefficient (Wildman–Crippen LogP) is 2.07. The first-order valence-electron chi connectivity index (χ1n) is 7.78. The van der Waals surface area contributed by atoms with Gasteiger partial charge in [0.25, 0.3) is 0 Å². The number of aryl methyl sites for hydroxylation is 1. The summed E-state index contributed by atoms with van der Waals surface area (Å²) in [6.07, 6.45) is 0.769. The van der Waals surface area contributed by atoms with Crippen molar-refractivity contribution in [3.8, 4) is 0 Å². The molecule has 7 nitrogen and oxygen atoms in total. The maximum Gasteiger partial charge on any atom is 0.315 e. The Hall–Kier alpha value is -2.48. The number of hydrogen-bond acceptors (Lipinski definition) is 5. The van der Waals surface area contributed by atoms with Gasteiger partial charge in [-0.1, -0.05) is 36.7 Å². The van der Waals surface area contributed by atoms with E-state index in [-0.39, 0.29) is 17.9 Å². The molecule has 1 aromatic heterocycles. The summed E-state index contributed by atoms with van der Waals surface area (Å²) >= 11 is 0. The molecule has 0 aliphatic heterocycles. The van der Waals surface area contributed by atoms with Gasteiger partial charge in [-0.25, -0.2) is 9.18 Å². The van der Waals surface area contributed by atoms with Crippen LogP contribution in [0.25, 0.3) is 0 Å². The highest BCUT2D eigenvalue weighted by Gasteiger charge is 2.24. The van der Waals surface area contributed by atoms with E-state index in [9.17, 15) is 14.3 Å². The minimum atomic E-state index is -0.896. The fourth-order valence-electron chi connectivity index (χ4n) is 2.25. The number of aliphatic hydroxyl groups is 1. The third kappa shape index (κ3) is 4.76. The van der Waals surface area contributed by atoms with E-state index in [1.807, 2.05) is 6.92 Å². The van der Waals surface area contributed by atoms with Crippen molar-refractivity contribution in [3.63, 3.8) is 0 Å². The van der Waals surface area contributed by atoms with E-state index < -0.39 is 24.0 Å². The molecule has 0 saturated heterocycles. The lowest BCUT2D eigenvalue weighted by Gasteiger charge is -2.18. The molecule has 0 saturated carbocycles. The Morgan fingerprint density at radius 2 is 2.17 bits per heavy atom. The topological polar surface area (TPSA) is 100 Å². The minimum Gasteiger partial charge on any atom is -0.391 e. The molecule has 1 aromatic carbocycles. The maximum atomic E-state index is 14.1. The molecule has 0 bridgehead atoms. The second kappa shape index (κ2) is 8.39. The van der Waals surface area contributed by atoms with Gasteiger partial charge in [-0.3, -0.25) is 0 Å². The first-order valence-corrected chi connectivity index (χ1v) is 7.78. The van der Waals surface area contributed by atoms with E-state index >= 15 is 0 Å². The van der Waals surface area contributed by atoms with E-state index in [4.69, 9.17) is 4.52 Å². The molecule has 0 aliphatic rings. The second-order valence-corrected chi connectivity index (χ2v) is 5.42. The van der Waals surface area contributed by atoms with Crippen LogP contribution in [0.4, 0.5) is 9.18 Å². The molecule has 24 heavy (non-hydrogen) atoms. The van der Waals surface area contributed by atoms with Crippen LogP contribution in [0.1, 0.15) is 43.1 Å². The number of rotatable bonds is 7. The van der Waals surface area contributed by atoms with Crippen molar-refractivity contribution in [3.05, 3.63) is 47.4 Å². The van der Waals surface area contributed by atoms with Gasteiger partial charge in [0, 0.05) is 19.0 Å². The molecule has 2 rings (SSSR count). The maximum absolute atomic E-state index is 14.1. The molecule has 0 fully saturated rings. The fraction of sp³-hybridized carbons (Fsp3) is 0.438. The molecule has 3 N–H and O–H groups in total. The number of urea groups is 1. The summed E-state index contributed by atoms with van der Waals surface area (Å²) in [6, 6.07) is 4.59.